The molecule has 0 N–H and O–H groups in total. The Hall–Kier alpha value is 0.0200. The molecule has 0 fully saturated rings. The summed E-state index contributed by atoms with van der Waals surface area (Å²) < 4.78 is 5.94. The lowest BCUT2D eigenvalue weighted by atomic mass is 10.1. The number of thiol groups is 1. The van der Waals surface area contributed by atoms with Crippen LogP contribution in [-0.2, 0) is 11.8 Å². The second-order valence-electron chi connectivity index (χ2n) is 5.05. The molecule has 0 aliphatic carbocycles. The minimum Gasteiger partial charge on any atom is -0.456 e. The van der Waals surface area contributed by atoms with E-state index in [1.54, 1.807) is 0 Å². The molecule has 0 radical (unpaired) electrons. The smallest absolute Gasteiger partial charge is 0.169 e. The van der Waals surface area contributed by atoms with Crippen molar-refractivity contribution in [3.63, 3.8) is 0 Å². The van der Waals surface area contributed by atoms with E-state index < -0.39 is 5.47 Å². The molecule has 0 bridgehead atoms. The lowest BCUT2D eigenvalue weighted by Gasteiger charge is -2.31. The van der Waals surface area contributed by atoms with Gasteiger partial charge in [-0.3, -0.25) is 0 Å². The highest BCUT2D eigenvalue weighted by molar-refractivity contribution is 8.62. The van der Waals surface area contributed by atoms with Crippen molar-refractivity contribution in [3.05, 3.63) is 29.3 Å². The van der Waals surface area contributed by atoms with Gasteiger partial charge in [0.2, 0.25) is 0 Å². The average molecular weight is 274 g/mol. The van der Waals surface area contributed by atoms with Crippen LogP contribution in [0.5, 0.6) is 5.75 Å². The molecule has 0 amide bonds. The van der Waals surface area contributed by atoms with Crippen molar-refractivity contribution < 1.29 is 4.52 Å². The Morgan fingerprint density at radius 1 is 1.25 bits per heavy atom. The van der Waals surface area contributed by atoms with Gasteiger partial charge in [-0.2, -0.15) is 0 Å². The molecule has 1 aromatic rings. The van der Waals surface area contributed by atoms with Crippen LogP contribution in [-0.4, -0.2) is 5.16 Å². The van der Waals surface area contributed by atoms with Crippen LogP contribution >= 0.6 is 17.7 Å². The summed E-state index contributed by atoms with van der Waals surface area (Å²) in [5.41, 5.74) is 0.235. The first-order chi connectivity index (χ1) is 7.13. The van der Waals surface area contributed by atoms with Gasteiger partial charge in [0.1, 0.15) is 5.75 Å². The van der Waals surface area contributed by atoms with E-state index in [4.69, 9.17) is 16.3 Å². The first-order valence-corrected chi connectivity index (χ1v) is 9.10. The molecule has 0 saturated heterocycles. The Balaban J connectivity index is 3.02. The minimum absolute atomic E-state index is 0.0945. The van der Waals surface area contributed by atoms with Crippen molar-refractivity contribution in [2.75, 3.05) is 0 Å². The lowest BCUT2D eigenvalue weighted by molar-refractivity contribution is 0.583. The third kappa shape index (κ3) is 3.26. The summed E-state index contributed by atoms with van der Waals surface area (Å²) in [5, 5.41) is -0.0945. The maximum absolute atomic E-state index is 5.94. The quantitative estimate of drug-likeness (QED) is 0.617. The maximum Gasteiger partial charge on any atom is 0.169 e. The molecule has 4 heteroatoms. The Morgan fingerprint density at radius 3 is 2.25 bits per heavy atom. The normalized spacial score (nSPS) is 15.6. The van der Waals surface area contributed by atoms with Gasteiger partial charge in [0.05, 0.1) is 0 Å². The zero-order valence-electron chi connectivity index (χ0n) is 10.4. The third-order valence-electron chi connectivity index (χ3n) is 2.40. The van der Waals surface area contributed by atoms with Gasteiger partial charge in [0.25, 0.3) is 0 Å². The highest BCUT2D eigenvalue weighted by atomic mass is 32.9. The largest absolute Gasteiger partial charge is 0.456 e. The monoisotopic (exact) mass is 274 g/mol. The van der Waals surface area contributed by atoms with Crippen LogP contribution in [0.4, 0.5) is 0 Å². The molecular formula is C12H19OPS2. The number of hydrogen-bond acceptors (Lipinski definition) is 2. The molecule has 1 rings (SSSR count). The van der Waals surface area contributed by atoms with Gasteiger partial charge in [0, 0.05) is 5.16 Å². The zero-order valence-corrected chi connectivity index (χ0v) is 13.0. The van der Waals surface area contributed by atoms with Gasteiger partial charge >= 0.3 is 0 Å². The van der Waals surface area contributed by atoms with Crippen molar-refractivity contribution in [3.8, 4) is 5.75 Å². The molecule has 0 aromatic heterocycles. The van der Waals surface area contributed by atoms with Gasteiger partial charge in [-0.05, 0) is 37.3 Å². The summed E-state index contributed by atoms with van der Waals surface area (Å²) in [6, 6.07) is 6.11. The molecule has 1 unspecified atom stereocenters. The van der Waals surface area contributed by atoms with E-state index in [1.165, 1.54) is 5.56 Å². The molecule has 1 nitrogen and oxygen atoms in total. The molecule has 0 heterocycles. The average Bonchev–Trinajstić information content (AvgIpc) is 2.08. The van der Waals surface area contributed by atoms with E-state index in [0.717, 1.165) is 11.3 Å². The molecular weight excluding hydrogens is 255 g/mol. The van der Waals surface area contributed by atoms with E-state index in [-0.39, 0.29) is 5.16 Å². The summed E-state index contributed by atoms with van der Waals surface area (Å²) in [6.45, 7) is 10.3. The molecule has 0 spiro atoms. The molecule has 0 aliphatic rings. The van der Waals surface area contributed by atoms with E-state index in [0.29, 0.717) is 0 Å². The second-order valence-corrected chi connectivity index (χ2v) is 11.7. The van der Waals surface area contributed by atoms with E-state index in [9.17, 15) is 0 Å². The maximum atomic E-state index is 5.94. The topological polar surface area (TPSA) is 9.23 Å². The minimum atomic E-state index is -2.11. The third-order valence-corrected chi connectivity index (χ3v) is 8.45. The number of benzene rings is 1. The van der Waals surface area contributed by atoms with Crippen LogP contribution in [0.2, 0.25) is 0 Å². The van der Waals surface area contributed by atoms with Gasteiger partial charge < -0.3 is 4.52 Å². The number of hydrogen-bond donors (Lipinski definition) is 1. The molecule has 1 aromatic carbocycles. The SMILES string of the molecule is Cc1ccc(OP(=S)(S)C(C)(C)C)c(C)c1. The molecule has 0 saturated carbocycles. The molecule has 0 aliphatic heterocycles. The highest BCUT2D eigenvalue weighted by Gasteiger charge is 2.31. The first kappa shape index (κ1) is 14.1. The summed E-state index contributed by atoms with van der Waals surface area (Å²) in [7, 11) is 0. The summed E-state index contributed by atoms with van der Waals surface area (Å²) in [5.74, 6) is 0.860. The van der Waals surface area contributed by atoms with E-state index >= 15 is 0 Å². The molecule has 16 heavy (non-hydrogen) atoms. The Kier molecular flexibility index (Phi) is 4.15. The highest BCUT2D eigenvalue weighted by Crippen LogP contribution is 2.62. The summed E-state index contributed by atoms with van der Waals surface area (Å²) in [4.78, 5) is 0. The summed E-state index contributed by atoms with van der Waals surface area (Å²) >= 11 is 10.1. The summed E-state index contributed by atoms with van der Waals surface area (Å²) in [6.07, 6.45) is 0. The van der Waals surface area contributed by atoms with Gasteiger partial charge in [-0.15, -0.1) is 12.2 Å². The van der Waals surface area contributed by atoms with Crippen molar-refractivity contribution in [2.45, 2.75) is 39.8 Å². The Bertz CT molecular complexity index is 435. The number of aryl methyl sites for hydroxylation is 2. The fourth-order valence-corrected chi connectivity index (χ4v) is 2.42. The van der Waals surface area contributed by atoms with Crippen LogP contribution in [0, 0.1) is 13.8 Å². The van der Waals surface area contributed by atoms with Crippen molar-refractivity contribution in [2.24, 2.45) is 0 Å². The first-order valence-electron chi connectivity index (χ1n) is 5.23. The van der Waals surface area contributed by atoms with Crippen LogP contribution < -0.4 is 4.52 Å². The van der Waals surface area contributed by atoms with Gasteiger partial charge in [-0.1, -0.05) is 38.5 Å². The Labute approximate surface area is 109 Å². The van der Waals surface area contributed by atoms with Crippen LogP contribution in [0.15, 0.2) is 18.2 Å². The van der Waals surface area contributed by atoms with Crippen molar-refractivity contribution >= 4 is 29.5 Å². The van der Waals surface area contributed by atoms with E-state index in [2.05, 4.69) is 46.0 Å². The van der Waals surface area contributed by atoms with Crippen LogP contribution in [0.25, 0.3) is 0 Å². The predicted octanol–water partition coefficient (Wildman–Crippen LogP) is 4.72. The van der Waals surface area contributed by atoms with Crippen LogP contribution in [0.3, 0.4) is 0 Å². The zero-order chi connectivity index (χ0) is 12.6. The predicted molar refractivity (Wildman–Crippen MR) is 79.6 cm³/mol. The fourth-order valence-electron chi connectivity index (χ4n) is 1.17. The van der Waals surface area contributed by atoms with Crippen molar-refractivity contribution in [1.82, 2.24) is 0 Å². The lowest BCUT2D eigenvalue weighted by Crippen LogP contribution is -2.15. The van der Waals surface area contributed by atoms with Crippen molar-refractivity contribution in [1.29, 1.82) is 0 Å². The van der Waals surface area contributed by atoms with Gasteiger partial charge in [-0.25, -0.2) is 0 Å². The Morgan fingerprint density at radius 2 is 1.81 bits per heavy atom. The van der Waals surface area contributed by atoms with Crippen LogP contribution in [0.1, 0.15) is 31.9 Å². The number of rotatable bonds is 2. The van der Waals surface area contributed by atoms with E-state index in [1.807, 2.05) is 19.1 Å². The van der Waals surface area contributed by atoms with Gasteiger partial charge in [0.15, 0.2) is 5.47 Å². The fraction of sp³-hybridized carbons (Fsp3) is 0.500. The standard InChI is InChI=1S/C12H19OPS2/c1-9-6-7-11(10(2)8-9)13-14(15,16)12(3,4)5/h6-8H,1-5H3,(H,15,16). The molecule has 1 atom stereocenters. The molecule has 90 valence electrons. The second kappa shape index (κ2) is 4.72.